The number of guanidine groups is 1. The van der Waals surface area contributed by atoms with Crippen LogP contribution in [0.5, 0.6) is 5.75 Å². The average Bonchev–Trinajstić information content (AvgIpc) is 3.29. The van der Waals surface area contributed by atoms with Crippen molar-refractivity contribution in [2.24, 2.45) is 4.99 Å². The topological polar surface area (TPSA) is 109 Å². The minimum Gasteiger partial charge on any atom is -0.465 e. The van der Waals surface area contributed by atoms with Crippen LogP contribution in [0.1, 0.15) is 23.0 Å². The number of nitrogens with zero attached hydrogens (tertiary/aromatic N) is 3. The lowest BCUT2D eigenvalue weighted by atomic mass is 10.0. The summed E-state index contributed by atoms with van der Waals surface area (Å²) in [6.07, 6.45) is 3.96. The molecule has 3 heterocycles. The molecule has 30 heavy (non-hydrogen) atoms. The molecule has 0 N–H and O–H groups in total. The summed E-state index contributed by atoms with van der Waals surface area (Å²) in [5.74, 6) is -2.16. The van der Waals surface area contributed by atoms with Gasteiger partial charge in [-0.1, -0.05) is 12.1 Å². The highest BCUT2D eigenvalue weighted by molar-refractivity contribution is 6.28. The number of ether oxygens (including phenoxy) is 1. The first-order chi connectivity index (χ1) is 14.4. The maximum atomic E-state index is 13.0. The maximum absolute atomic E-state index is 13.0. The summed E-state index contributed by atoms with van der Waals surface area (Å²) in [6.45, 7) is 1.22. The zero-order chi connectivity index (χ0) is 21.4. The van der Waals surface area contributed by atoms with Gasteiger partial charge >= 0.3 is 5.97 Å². The zero-order valence-electron chi connectivity index (χ0n) is 16.0. The molecule has 2 aliphatic rings. The Morgan fingerprint density at radius 2 is 1.87 bits per heavy atom. The Bertz CT molecular complexity index is 1170. The van der Waals surface area contributed by atoms with Crippen molar-refractivity contribution in [3.05, 3.63) is 71.5 Å². The van der Waals surface area contributed by atoms with E-state index in [4.69, 9.17) is 9.15 Å². The van der Waals surface area contributed by atoms with Crippen molar-refractivity contribution < 1.29 is 28.3 Å². The molecule has 0 aliphatic carbocycles. The first-order valence-corrected chi connectivity index (χ1v) is 8.86. The fourth-order valence-corrected chi connectivity index (χ4v) is 3.06. The number of carbonyl (C=O) groups excluding carboxylic acids is 4. The Labute approximate surface area is 170 Å². The summed E-state index contributed by atoms with van der Waals surface area (Å²) in [7, 11) is 1.53. The standard InChI is InChI=1S/C21H15N3O6/c1-12(25)22-21-23(2)16(10-13-6-5-9-29-13)19(27)24(21)11-15-18(26)14-7-3-4-8-17(14)30-20(15)28/h3-11H,1-2H3. The van der Waals surface area contributed by atoms with Crippen LogP contribution in [0.15, 0.2) is 69.5 Å². The Morgan fingerprint density at radius 1 is 1.10 bits per heavy atom. The van der Waals surface area contributed by atoms with E-state index in [0.717, 1.165) is 11.1 Å². The molecule has 0 spiro atoms. The van der Waals surface area contributed by atoms with Gasteiger partial charge in [0.05, 0.1) is 11.8 Å². The summed E-state index contributed by atoms with van der Waals surface area (Å²) in [5, 5.41) is 0. The van der Waals surface area contributed by atoms with Crippen LogP contribution in [0, 0.1) is 0 Å². The van der Waals surface area contributed by atoms with Crippen LogP contribution in [-0.4, -0.2) is 46.4 Å². The predicted molar refractivity (Wildman–Crippen MR) is 104 cm³/mol. The van der Waals surface area contributed by atoms with Crippen LogP contribution < -0.4 is 4.74 Å². The average molecular weight is 405 g/mol. The number of hydrogen-bond acceptors (Lipinski definition) is 6. The number of Topliss-reactive ketones (excluding diaryl/α,β-unsaturated/α-hetero) is 1. The largest absolute Gasteiger partial charge is 0.465 e. The number of rotatable bonds is 2. The molecule has 9 nitrogen and oxygen atoms in total. The Morgan fingerprint density at radius 3 is 2.57 bits per heavy atom. The molecule has 1 aromatic carbocycles. The van der Waals surface area contributed by atoms with Gasteiger partial charge in [-0.3, -0.25) is 19.3 Å². The predicted octanol–water partition coefficient (Wildman–Crippen LogP) is 1.98. The molecule has 0 bridgehead atoms. The molecule has 0 unspecified atom stereocenters. The molecule has 1 aromatic heterocycles. The van der Waals surface area contributed by atoms with Gasteiger partial charge in [0.1, 0.15) is 22.8 Å². The van der Waals surface area contributed by atoms with Crippen molar-refractivity contribution in [3.63, 3.8) is 0 Å². The normalized spacial score (nSPS) is 20.3. The van der Waals surface area contributed by atoms with E-state index in [0.29, 0.717) is 5.76 Å². The molecule has 2 aromatic rings. The fourth-order valence-electron chi connectivity index (χ4n) is 3.06. The van der Waals surface area contributed by atoms with E-state index in [1.807, 2.05) is 0 Å². The number of hydrogen-bond donors (Lipinski definition) is 0. The lowest BCUT2D eigenvalue weighted by molar-refractivity contribution is -0.130. The smallest absolute Gasteiger partial charge is 0.349 e. The van der Waals surface area contributed by atoms with Gasteiger partial charge in [0.15, 0.2) is 0 Å². The summed E-state index contributed by atoms with van der Waals surface area (Å²) in [4.78, 5) is 56.1. The molecular weight excluding hydrogens is 390 g/mol. The maximum Gasteiger partial charge on any atom is 0.349 e. The third kappa shape index (κ3) is 3.22. The number of amides is 2. The van der Waals surface area contributed by atoms with Crippen molar-refractivity contribution in [1.82, 2.24) is 9.80 Å². The molecule has 4 rings (SSSR count). The van der Waals surface area contributed by atoms with Crippen molar-refractivity contribution in [1.29, 1.82) is 0 Å². The van der Waals surface area contributed by atoms with Crippen LogP contribution in [0.2, 0.25) is 0 Å². The third-order valence-electron chi connectivity index (χ3n) is 4.45. The van der Waals surface area contributed by atoms with Crippen molar-refractivity contribution in [3.8, 4) is 5.75 Å². The highest BCUT2D eigenvalue weighted by atomic mass is 16.5. The number of carbonyl (C=O) groups is 4. The summed E-state index contributed by atoms with van der Waals surface area (Å²) in [5.41, 5.74) is -0.0236. The van der Waals surface area contributed by atoms with Crippen molar-refractivity contribution in [2.45, 2.75) is 6.92 Å². The minimum absolute atomic E-state index is 0.0581. The monoisotopic (exact) mass is 405 g/mol. The van der Waals surface area contributed by atoms with Gasteiger partial charge in [-0.25, -0.2) is 4.79 Å². The Balaban J connectivity index is 1.80. The molecule has 0 saturated carbocycles. The van der Waals surface area contributed by atoms with Crippen LogP contribution in [0.3, 0.4) is 0 Å². The van der Waals surface area contributed by atoms with E-state index < -0.39 is 23.6 Å². The summed E-state index contributed by atoms with van der Waals surface area (Å²) in [6, 6.07) is 9.60. The molecule has 2 aliphatic heterocycles. The molecule has 1 saturated heterocycles. The molecule has 1 fully saturated rings. The van der Waals surface area contributed by atoms with Gasteiger partial charge in [-0.15, -0.1) is 0 Å². The Kier molecular flexibility index (Phi) is 4.63. The first kappa shape index (κ1) is 19.1. The number of esters is 1. The van der Waals surface area contributed by atoms with E-state index in [1.165, 1.54) is 43.3 Å². The number of ketones is 1. The summed E-state index contributed by atoms with van der Waals surface area (Å²) < 4.78 is 10.4. The second kappa shape index (κ2) is 7.28. The van der Waals surface area contributed by atoms with Crippen LogP contribution in [0.4, 0.5) is 0 Å². The third-order valence-corrected chi connectivity index (χ3v) is 4.45. The number of fused-ring (bicyclic) bond motifs is 1. The second-order valence-electron chi connectivity index (χ2n) is 6.47. The molecule has 0 atom stereocenters. The van der Waals surface area contributed by atoms with E-state index >= 15 is 0 Å². The Hall–Kier alpha value is -4.27. The SMILES string of the molecule is CC(=O)N=C1N(C)C(=Cc2ccco2)C(=O)N1C=C1C(=O)Oc2ccccc2C1=O. The summed E-state index contributed by atoms with van der Waals surface area (Å²) >= 11 is 0. The second-order valence-corrected chi connectivity index (χ2v) is 6.47. The van der Waals surface area contributed by atoms with Gasteiger partial charge in [-0.05, 0) is 24.3 Å². The number of aliphatic imine (C=N–C) groups is 1. The fraction of sp³-hybridized carbons (Fsp3) is 0.0952. The van der Waals surface area contributed by atoms with E-state index in [1.54, 1.807) is 24.3 Å². The van der Waals surface area contributed by atoms with Crippen molar-refractivity contribution in [2.75, 3.05) is 7.05 Å². The number of likely N-dealkylation sites (N-methyl/N-ethyl adjacent to an activating group) is 1. The van der Waals surface area contributed by atoms with Gasteiger partial charge in [-0.2, -0.15) is 4.99 Å². The van der Waals surface area contributed by atoms with E-state index in [9.17, 15) is 19.2 Å². The van der Waals surface area contributed by atoms with E-state index in [-0.39, 0.29) is 28.5 Å². The van der Waals surface area contributed by atoms with Crippen LogP contribution in [-0.2, 0) is 14.4 Å². The molecule has 9 heteroatoms. The number of para-hydroxylation sites is 1. The quantitative estimate of drug-likeness (QED) is 0.325. The van der Waals surface area contributed by atoms with E-state index in [2.05, 4.69) is 4.99 Å². The van der Waals surface area contributed by atoms with Gasteiger partial charge < -0.3 is 14.1 Å². The lowest BCUT2D eigenvalue weighted by Crippen LogP contribution is -2.33. The van der Waals surface area contributed by atoms with Gasteiger partial charge in [0.25, 0.3) is 5.91 Å². The number of benzene rings is 1. The molecule has 0 radical (unpaired) electrons. The highest BCUT2D eigenvalue weighted by Gasteiger charge is 2.39. The molecular formula is C21H15N3O6. The number of furan rings is 1. The lowest BCUT2D eigenvalue weighted by Gasteiger charge is -2.19. The van der Waals surface area contributed by atoms with Crippen LogP contribution in [0.25, 0.3) is 6.08 Å². The van der Waals surface area contributed by atoms with Gasteiger partial charge in [0, 0.05) is 26.2 Å². The first-order valence-electron chi connectivity index (χ1n) is 8.86. The van der Waals surface area contributed by atoms with Gasteiger partial charge in [0.2, 0.25) is 17.6 Å². The zero-order valence-corrected chi connectivity index (χ0v) is 16.0. The van der Waals surface area contributed by atoms with Crippen LogP contribution >= 0.6 is 0 Å². The molecule has 150 valence electrons. The molecule has 2 amide bonds. The minimum atomic E-state index is -0.903. The highest BCUT2D eigenvalue weighted by Crippen LogP contribution is 2.29. The van der Waals surface area contributed by atoms with Crippen molar-refractivity contribution >= 4 is 35.6 Å².